The highest BCUT2D eigenvalue weighted by molar-refractivity contribution is 5.70. The van der Waals surface area contributed by atoms with Gasteiger partial charge in [0.05, 0.1) is 40.3 Å². The minimum absolute atomic E-state index is 0.0381. The summed E-state index contributed by atoms with van der Waals surface area (Å²) in [6.07, 6.45) is 59.6. The Labute approximate surface area is 400 Å². The van der Waals surface area contributed by atoms with Gasteiger partial charge < -0.3 is 28.6 Å². The first-order chi connectivity index (χ1) is 31.6. The molecule has 8 nitrogen and oxygen atoms in total. The molecule has 65 heavy (non-hydrogen) atoms. The summed E-state index contributed by atoms with van der Waals surface area (Å²) in [6, 6.07) is -0.729. The minimum Gasteiger partial charge on any atom is -0.544 e. The Bertz CT molecular complexity index is 1250. The fourth-order valence-corrected chi connectivity index (χ4v) is 7.78. The second-order valence-corrected chi connectivity index (χ2v) is 19.1. The molecular formula is C57H101NO7. The first-order valence-corrected chi connectivity index (χ1v) is 26.8. The number of esters is 2. The third-order valence-corrected chi connectivity index (χ3v) is 11.9. The molecule has 0 aromatic heterocycles. The van der Waals surface area contributed by atoms with E-state index >= 15 is 0 Å². The molecule has 0 aromatic rings. The van der Waals surface area contributed by atoms with Gasteiger partial charge in [-0.15, -0.1) is 0 Å². The van der Waals surface area contributed by atoms with E-state index in [0.29, 0.717) is 12.8 Å². The number of rotatable bonds is 48. The van der Waals surface area contributed by atoms with Gasteiger partial charge in [-0.25, -0.2) is 0 Å². The van der Waals surface area contributed by atoms with Crippen molar-refractivity contribution in [2.75, 3.05) is 41.0 Å². The predicted molar refractivity (Wildman–Crippen MR) is 273 cm³/mol. The molecule has 0 N–H and O–H groups in total. The number of nitrogens with zero attached hydrogens (tertiary/aromatic N) is 1. The minimum atomic E-state index is -1.13. The van der Waals surface area contributed by atoms with E-state index in [1.54, 1.807) is 21.1 Å². The molecule has 0 fully saturated rings. The van der Waals surface area contributed by atoms with Crippen molar-refractivity contribution in [3.63, 3.8) is 0 Å². The van der Waals surface area contributed by atoms with Gasteiger partial charge in [-0.2, -0.15) is 0 Å². The lowest BCUT2D eigenvalue weighted by Gasteiger charge is -2.34. The average Bonchev–Trinajstić information content (AvgIpc) is 3.27. The summed E-state index contributed by atoms with van der Waals surface area (Å²) >= 11 is 0. The number of carboxylic acids is 1. The van der Waals surface area contributed by atoms with Crippen LogP contribution in [0.2, 0.25) is 0 Å². The topological polar surface area (TPSA) is 102 Å². The molecule has 0 heterocycles. The molecule has 0 rings (SSSR count). The molecule has 0 spiro atoms. The quantitative estimate of drug-likeness (QED) is 0.0197. The van der Waals surface area contributed by atoms with Crippen LogP contribution in [0, 0.1) is 0 Å². The standard InChI is InChI=1S/C57H101NO7/c1-6-8-10-12-14-16-18-20-22-24-26-28-30-31-33-35-37-39-41-43-45-47-55(59)64-52-53(51-63-50-49-54(57(61)62)58(3,4)5)65-56(60)48-46-44-42-40-38-36-34-32-29-27-25-23-21-19-17-15-13-11-9-7-2/h8,10,14,16-17,19-23,53-54H,6-7,9,11-13,15,18,24-52H2,1-5H3/b10-8+,16-14+,19-17+,22-20+,23-21+. The van der Waals surface area contributed by atoms with Gasteiger partial charge in [-0.3, -0.25) is 9.59 Å². The van der Waals surface area contributed by atoms with Crippen molar-refractivity contribution in [3.05, 3.63) is 60.8 Å². The van der Waals surface area contributed by atoms with Crippen molar-refractivity contribution in [3.8, 4) is 0 Å². The van der Waals surface area contributed by atoms with Crippen molar-refractivity contribution >= 4 is 17.9 Å². The summed E-state index contributed by atoms with van der Waals surface area (Å²) in [5.74, 6) is -1.74. The summed E-state index contributed by atoms with van der Waals surface area (Å²) in [7, 11) is 5.42. The maximum Gasteiger partial charge on any atom is 0.306 e. The van der Waals surface area contributed by atoms with Crippen LogP contribution < -0.4 is 5.11 Å². The second-order valence-electron chi connectivity index (χ2n) is 19.1. The molecular weight excluding hydrogens is 811 g/mol. The number of carbonyl (C=O) groups is 3. The SMILES string of the molecule is CC/C=C/C/C=C/C/C=C/CCCCCCCCCCCCCC(=O)OCC(COCCC(C(=O)[O-])[N+](C)(C)C)OC(=O)CCCCCCCCCCCC/C=C/C=C/CCCCCC. The Morgan fingerprint density at radius 2 is 0.908 bits per heavy atom. The number of likely N-dealkylation sites (N-methyl/N-ethyl adjacent to an activating group) is 1. The summed E-state index contributed by atoms with van der Waals surface area (Å²) < 4.78 is 17.3. The molecule has 0 aromatic carbocycles. The monoisotopic (exact) mass is 912 g/mol. The van der Waals surface area contributed by atoms with Crippen molar-refractivity contribution in [2.45, 2.75) is 244 Å². The Morgan fingerprint density at radius 3 is 1.37 bits per heavy atom. The zero-order valence-electron chi connectivity index (χ0n) is 42.9. The fourth-order valence-electron chi connectivity index (χ4n) is 7.78. The largest absolute Gasteiger partial charge is 0.544 e. The Hall–Kier alpha value is -2.97. The third-order valence-electron chi connectivity index (χ3n) is 11.9. The van der Waals surface area contributed by atoms with E-state index in [2.05, 4.69) is 74.6 Å². The van der Waals surface area contributed by atoms with Crippen molar-refractivity contribution < 1.29 is 38.2 Å². The number of allylic oxidation sites excluding steroid dienone is 10. The number of ether oxygens (including phenoxy) is 3. The van der Waals surface area contributed by atoms with Crippen LogP contribution >= 0.6 is 0 Å². The molecule has 0 aliphatic heterocycles. The van der Waals surface area contributed by atoms with Crippen LogP contribution in [-0.4, -0.2) is 75.5 Å². The Kier molecular flexibility index (Phi) is 45.3. The second kappa shape index (κ2) is 47.5. The summed E-state index contributed by atoms with van der Waals surface area (Å²) in [5, 5.41) is 11.7. The molecule has 2 unspecified atom stereocenters. The van der Waals surface area contributed by atoms with E-state index in [1.807, 2.05) is 0 Å². The summed E-state index contributed by atoms with van der Waals surface area (Å²) in [6.45, 7) is 4.55. The van der Waals surface area contributed by atoms with Crippen LogP contribution in [0.1, 0.15) is 232 Å². The van der Waals surface area contributed by atoms with Crippen LogP contribution in [-0.2, 0) is 28.6 Å². The lowest BCUT2D eigenvalue weighted by atomic mass is 10.0. The lowest BCUT2D eigenvalue weighted by Crippen LogP contribution is -2.55. The lowest BCUT2D eigenvalue weighted by molar-refractivity contribution is -0.889. The highest BCUT2D eigenvalue weighted by atomic mass is 16.6. The van der Waals surface area contributed by atoms with Crippen LogP contribution in [0.5, 0.6) is 0 Å². The number of hydrogen-bond donors (Lipinski definition) is 0. The molecule has 2 atom stereocenters. The normalized spacial score (nSPS) is 13.3. The smallest absolute Gasteiger partial charge is 0.306 e. The predicted octanol–water partition coefficient (Wildman–Crippen LogP) is 14.4. The first kappa shape index (κ1) is 62.0. The van der Waals surface area contributed by atoms with E-state index < -0.39 is 18.1 Å². The average molecular weight is 912 g/mol. The maximum absolute atomic E-state index is 12.8. The van der Waals surface area contributed by atoms with Crippen molar-refractivity contribution in [1.82, 2.24) is 0 Å². The molecule has 376 valence electrons. The van der Waals surface area contributed by atoms with Gasteiger partial charge in [0.2, 0.25) is 0 Å². The van der Waals surface area contributed by atoms with Gasteiger partial charge in [0.25, 0.3) is 0 Å². The number of aliphatic carboxylic acids is 1. The van der Waals surface area contributed by atoms with Gasteiger partial charge in [-0.1, -0.05) is 203 Å². The Balaban J connectivity index is 4.21. The molecule has 0 amide bonds. The van der Waals surface area contributed by atoms with Gasteiger partial charge >= 0.3 is 11.9 Å². The molecule has 0 saturated carbocycles. The van der Waals surface area contributed by atoms with Crippen LogP contribution in [0.15, 0.2) is 60.8 Å². The van der Waals surface area contributed by atoms with E-state index in [9.17, 15) is 19.5 Å². The van der Waals surface area contributed by atoms with E-state index in [-0.39, 0.29) is 42.7 Å². The third kappa shape index (κ3) is 46.0. The summed E-state index contributed by atoms with van der Waals surface area (Å²) in [5.41, 5.74) is 0. The number of carboxylic acid groups (broad SMARTS) is 1. The molecule has 0 bridgehead atoms. The number of carbonyl (C=O) groups excluding carboxylic acids is 3. The maximum atomic E-state index is 12.8. The van der Waals surface area contributed by atoms with E-state index in [0.717, 1.165) is 57.8 Å². The van der Waals surface area contributed by atoms with Crippen LogP contribution in [0.4, 0.5) is 0 Å². The van der Waals surface area contributed by atoms with Crippen molar-refractivity contribution in [2.24, 2.45) is 0 Å². The first-order valence-electron chi connectivity index (χ1n) is 26.8. The van der Waals surface area contributed by atoms with Gasteiger partial charge in [0, 0.05) is 19.3 Å². The van der Waals surface area contributed by atoms with Crippen molar-refractivity contribution in [1.29, 1.82) is 0 Å². The molecule has 0 aliphatic rings. The number of quaternary nitrogens is 1. The Morgan fingerprint density at radius 1 is 0.492 bits per heavy atom. The van der Waals surface area contributed by atoms with E-state index in [1.165, 1.54) is 141 Å². The van der Waals surface area contributed by atoms with Gasteiger partial charge in [-0.05, 0) is 70.6 Å². The summed E-state index contributed by atoms with van der Waals surface area (Å²) in [4.78, 5) is 37.1. The van der Waals surface area contributed by atoms with E-state index in [4.69, 9.17) is 14.2 Å². The van der Waals surface area contributed by atoms with Crippen LogP contribution in [0.3, 0.4) is 0 Å². The molecule has 8 heteroatoms. The fraction of sp³-hybridized carbons (Fsp3) is 0.772. The highest BCUT2D eigenvalue weighted by Gasteiger charge is 2.25. The number of unbranched alkanes of at least 4 members (excludes halogenated alkanes) is 25. The highest BCUT2D eigenvalue weighted by Crippen LogP contribution is 2.16. The molecule has 0 radical (unpaired) electrons. The zero-order valence-corrected chi connectivity index (χ0v) is 42.9. The number of hydrogen-bond acceptors (Lipinski definition) is 7. The molecule has 0 aliphatic carbocycles. The molecule has 0 saturated heterocycles. The zero-order chi connectivity index (χ0) is 47.7. The van der Waals surface area contributed by atoms with Gasteiger partial charge in [0.15, 0.2) is 6.10 Å². The van der Waals surface area contributed by atoms with Crippen LogP contribution in [0.25, 0.3) is 0 Å². The van der Waals surface area contributed by atoms with Gasteiger partial charge in [0.1, 0.15) is 12.6 Å².